The average molecular weight is 425 g/mol. The fraction of sp³-hybridized carbons (Fsp3) is 0. The predicted molar refractivity (Wildman–Crippen MR) is 109 cm³/mol. The molecule has 0 saturated carbocycles. The summed E-state index contributed by atoms with van der Waals surface area (Å²) in [5, 5.41) is 15.7. The van der Waals surface area contributed by atoms with E-state index in [9.17, 15) is 18.3 Å². The summed E-state index contributed by atoms with van der Waals surface area (Å²) in [6.07, 6.45) is 0. The number of aromatic nitrogens is 2. The van der Waals surface area contributed by atoms with Gasteiger partial charge in [-0.3, -0.25) is 4.72 Å². The van der Waals surface area contributed by atoms with Crippen LogP contribution in [0.4, 0.5) is 17.3 Å². The van der Waals surface area contributed by atoms with Crippen molar-refractivity contribution >= 4 is 55.7 Å². The van der Waals surface area contributed by atoms with E-state index in [1.807, 2.05) is 0 Å². The van der Waals surface area contributed by atoms with Crippen molar-refractivity contribution < 1.29 is 18.3 Å². The summed E-state index contributed by atoms with van der Waals surface area (Å²) in [6.45, 7) is 0. The first-order valence-electron chi connectivity index (χ1n) is 8.34. The lowest BCUT2D eigenvalue weighted by molar-refractivity contribution is -0.255. The lowest BCUT2D eigenvalue weighted by Crippen LogP contribution is -2.22. The van der Waals surface area contributed by atoms with Crippen LogP contribution in [0, 0.1) is 0 Å². The van der Waals surface area contributed by atoms with Crippen LogP contribution in [0.2, 0.25) is 0 Å². The second kappa shape index (κ2) is 7.49. The van der Waals surface area contributed by atoms with Crippen LogP contribution in [0.3, 0.4) is 0 Å². The molecule has 0 aliphatic heterocycles. The maximum atomic E-state index is 12.7. The summed E-state index contributed by atoms with van der Waals surface area (Å²) in [4.78, 5) is 19.9. The minimum Gasteiger partial charge on any atom is -0.545 e. The highest BCUT2D eigenvalue weighted by atomic mass is 32.2. The fourth-order valence-electron chi connectivity index (χ4n) is 2.61. The molecule has 0 radical (unpaired) electrons. The van der Waals surface area contributed by atoms with Gasteiger partial charge in [0.25, 0.3) is 10.0 Å². The third-order valence-corrected chi connectivity index (χ3v) is 6.66. The molecule has 8 nitrogen and oxygen atoms in total. The smallest absolute Gasteiger partial charge is 0.272 e. The first-order chi connectivity index (χ1) is 13.9. The summed E-state index contributed by atoms with van der Waals surface area (Å²) in [5.74, 6) is -1.19. The third-order valence-electron chi connectivity index (χ3n) is 3.92. The number of fused-ring (bicyclic) bond motifs is 1. The van der Waals surface area contributed by atoms with E-state index in [0.717, 1.165) is 11.3 Å². The lowest BCUT2D eigenvalue weighted by atomic mass is 10.2. The number of anilines is 3. The highest BCUT2D eigenvalue weighted by Gasteiger charge is 2.20. The molecule has 0 amide bonds. The third kappa shape index (κ3) is 4.03. The van der Waals surface area contributed by atoms with Crippen molar-refractivity contribution in [2.24, 2.45) is 0 Å². The van der Waals surface area contributed by atoms with Crippen LogP contribution in [0.15, 0.2) is 70.3 Å². The van der Waals surface area contributed by atoms with Crippen molar-refractivity contribution in [1.29, 1.82) is 0 Å². The number of sulfonamides is 1. The van der Waals surface area contributed by atoms with E-state index >= 15 is 0 Å². The van der Waals surface area contributed by atoms with Crippen molar-refractivity contribution in [3.8, 4) is 0 Å². The molecule has 2 N–H and O–H groups in total. The van der Waals surface area contributed by atoms with Crippen molar-refractivity contribution in [3.05, 3.63) is 71.6 Å². The highest BCUT2D eigenvalue weighted by Crippen LogP contribution is 2.28. The number of rotatable bonds is 6. The van der Waals surface area contributed by atoms with E-state index in [2.05, 4.69) is 20.0 Å². The fourth-order valence-corrected chi connectivity index (χ4v) is 4.61. The van der Waals surface area contributed by atoms with Gasteiger partial charge in [0.05, 0.1) is 17.0 Å². The Morgan fingerprint density at radius 3 is 2.31 bits per heavy atom. The van der Waals surface area contributed by atoms with Gasteiger partial charge in [-0.25, -0.2) is 18.4 Å². The van der Waals surface area contributed by atoms with Gasteiger partial charge in [0, 0.05) is 5.69 Å². The normalized spacial score (nSPS) is 11.3. The van der Waals surface area contributed by atoms with Gasteiger partial charge >= 0.3 is 0 Å². The first kappa shape index (κ1) is 18.8. The number of aromatic carboxylic acids is 1. The standard InChI is InChI=1S/C19H14N4O4S2/c24-19(25)12-5-3-6-13(11-12)20-17-18(22-15-8-2-1-7-14(15)21-17)23-29(26,27)16-9-4-10-28-16/h1-11H,(H,20,21)(H,22,23)(H,24,25)/p-1. The Labute approximate surface area is 169 Å². The van der Waals surface area contributed by atoms with E-state index in [4.69, 9.17) is 0 Å². The highest BCUT2D eigenvalue weighted by molar-refractivity contribution is 7.94. The van der Waals surface area contributed by atoms with E-state index in [-0.39, 0.29) is 21.4 Å². The number of carbonyl (C=O) groups is 1. The number of hydrogen-bond acceptors (Lipinski definition) is 8. The van der Waals surface area contributed by atoms with Gasteiger partial charge in [-0.05, 0) is 41.3 Å². The zero-order valence-electron chi connectivity index (χ0n) is 14.7. The van der Waals surface area contributed by atoms with Crippen LogP contribution in [0.1, 0.15) is 10.4 Å². The van der Waals surface area contributed by atoms with Crippen LogP contribution < -0.4 is 15.1 Å². The molecule has 0 spiro atoms. The number of carbonyl (C=O) groups excluding carboxylic acids is 1. The van der Waals surface area contributed by atoms with E-state index in [1.165, 1.54) is 24.3 Å². The Bertz CT molecular complexity index is 1310. The van der Waals surface area contributed by atoms with Crippen molar-refractivity contribution in [2.45, 2.75) is 4.21 Å². The predicted octanol–water partition coefficient (Wildman–Crippen LogP) is 2.60. The number of para-hydroxylation sites is 2. The molecule has 0 unspecified atom stereocenters. The Morgan fingerprint density at radius 1 is 0.931 bits per heavy atom. The maximum Gasteiger partial charge on any atom is 0.272 e. The summed E-state index contributed by atoms with van der Waals surface area (Å²) in [5.41, 5.74) is 1.42. The van der Waals surface area contributed by atoms with Gasteiger partial charge in [-0.15, -0.1) is 11.3 Å². The van der Waals surface area contributed by atoms with Gasteiger partial charge in [-0.1, -0.05) is 30.3 Å². The second-order valence-corrected chi connectivity index (χ2v) is 8.80. The molecule has 2 aromatic carbocycles. The molecule has 0 saturated heterocycles. The minimum absolute atomic E-state index is 0.00375. The molecule has 0 fully saturated rings. The van der Waals surface area contributed by atoms with Crippen LogP contribution in [-0.4, -0.2) is 24.4 Å². The number of nitrogens with zero attached hydrogens (tertiary/aromatic N) is 2. The second-order valence-electron chi connectivity index (χ2n) is 5.94. The molecule has 146 valence electrons. The van der Waals surface area contributed by atoms with Gasteiger partial charge < -0.3 is 15.2 Å². The van der Waals surface area contributed by atoms with Crippen molar-refractivity contribution in [1.82, 2.24) is 9.97 Å². The molecular formula is C19H13N4O4S2-. The first-order valence-corrected chi connectivity index (χ1v) is 10.7. The van der Waals surface area contributed by atoms with E-state index in [0.29, 0.717) is 16.7 Å². The minimum atomic E-state index is -3.85. The number of carboxylic acids is 1. The number of benzene rings is 2. The quantitative estimate of drug-likeness (QED) is 0.486. The van der Waals surface area contributed by atoms with Gasteiger partial charge in [0.2, 0.25) is 0 Å². The molecular weight excluding hydrogens is 412 g/mol. The lowest BCUT2D eigenvalue weighted by Gasteiger charge is -2.14. The summed E-state index contributed by atoms with van der Waals surface area (Å²) in [7, 11) is -3.85. The van der Waals surface area contributed by atoms with Crippen molar-refractivity contribution in [2.75, 3.05) is 10.0 Å². The molecule has 10 heteroatoms. The molecule has 0 bridgehead atoms. The van der Waals surface area contributed by atoms with Gasteiger partial charge in [0.15, 0.2) is 11.6 Å². The Kier molecular flexibility index (Phi) is 4.87. The topological polar surface area (TPSA) is 124 Å². The van der Waals surface area contributed by atoms with E-state index < -0.39 is 16.0 Å². The number of nitrogens with one attached hydrogen (secondary N) is 2. The number of thiophene rings is 1. The zero-order valence-corrected chi connectivity index (χ0v) is 16.3. The molecule has 0 aliphatic rings. The van der Waals surface area contributed by atoms with Crippen molar-refractivity contribution in [3.63, 3.8) is 0 Å². The van der Waals surface area contributed by atoms with Crippen LogP contribution in [0.25, 0.3) is 11.0 Å². The molecule has 2 aromatic heterocycles. The van der Waals surface area contributed by atoms with Crippen LogP contribution in [-0.2, 0) is 10.0 Å². The molecule has 0 aliphatic carbocycles. The maximum absolute atomic E-state index is 12.7. The van der Waals surface area contributed by atoms with Crippen LogP contribution >= 0.6 is 11.3 Å². The molecule has 2 heterocycles. The van der Waals surface area contributed by atoms with Gasteiger partial charge in [0.1, 0.15) is 4.21 Å². The van der Waals surface area contributed by atoms with Gasteiger partial charge in [-0.2, -0.15) is 0 Å². The Hall–Kier alpha value is -3.50. The molecule has 0 atom stereocenters. The SMILES string of the molecule is O=C([O-])c1cccc(Nc2nc3ccccc3nc2NS(=O)(=O)c2cccs2)c1. The summed E-state index contributed by atoms with van der Waals surface area (Å²) in [6, 6.07) is 16.1. The zero-order chi connectivity index (χ0) is 20.4. The monoisotopic (exact) mass is 425 g/mol. The Balaban J connectivity index is 1.78. The Morgan fingerprint density at radius 2 is 1.66 bits per heavy atom. The molecule has 4 rings (SSSR count). The number of carboxylic acid groups (broad SMARTS) is 1. The van der Waals surface area contributed by atoms with Crippen LogP contribution in [0.5, 0.6) is 0 Å². The molecule has 4 aromatic rings. The average Bonchev–Trinajstić information content (AvgIpc) is 3.24. The van der Waals surface area contributed by atoms with E-state index in [1.54, 1.807) is 41.8 Å². The molecule has 29 heavy (non-hydrogen) atoms. The largest absolute Gasteiger partial charge is 0.545 e. The summed E-state index contributed by atoms with van der Waals surface area (Å²) < 4.78 is 27.9. The summed E-state index contributed by atoms with van der Waals surface area (Å²) >= 11 is 1.08. The number of hydrogen-bond donors (Lipinski definition) is 2.